The Labute approximate surface area is 137 Å². The van der Waals surface area contributed by atoms with Gasteiger partial charge in [-0.1, -0.05) is 12.1 Å². The molecule has 3 rings (SSSR count). The molecule has 7 heteroatoms. The minimum absolute atomic E-state index is 0.111. The van der Waals surface area contributed by atoms with E-state index in [1.54, 1.807) is 6.92 Å². The molecule has 0 saturated carbocycles. The van der Waals surface area contributed by atoms with E-state index >= 15 is 0 Å². The number of hydrogen-bond acceptors (Lipinski definition) is 6. The first-order chi connectivity index (χ1) is 11.1. The number of fused-ring (bicyclic) bond motifs is 1. The van der Waals surface area contributed by atoms with E-state index < -0.39 is 5.91 Å². The minimum atomic E-state index is -0.417. The lowest BCUT2D eigenvalue weighted by molar-refractivity contribution is 0.0526. The van der Waals surface area contributed by atoms with E-state index in [1.165, 1.54) is 23.6 Å². The van der Waals surface area contributed by atoms with Gasteiger partial charge in [0.1, 0.15) is 5.00 Å². The number of hydrogen-bond donors (Lipinski definition) is 1. The van der Waals surface area contributed by atoms with Gasteiger partial charge in [-0.3, -0.25) is 4.79 Å². The van der Waals surface area contributed by atoms with Crippen molar-refractivity contribution in [2.75, 3.05) is 11.9 Å². The summed E-state index contributed by atoms with van der Waals surface area (Å²) in [5.74, 6) is -0.110. The quantitative estimate of drug-likeness (QED) is 0.868. The Morgan fingerprint density at radius 3 is 3.04 bits per heavy atom. The largest absolute Gasteiger partial charge is 0.462 e. The summed E-state index contributed by atoms with van der Waals surface area (Å²) in [5, 5.41) is 6.82. The summed E-state index contributed by atoms with van der Waals surface area (Å²) < 4.78 is 10.0. The van der Waals surface area contributed by atoms with Crippen LogP contribution in [0, 0.1) is 5.92 Å². The molecule has 0 aliphatic heterocycles. The van der Waals surface area contributed by atoms with Crippen LogP contribution in [0.25, 0.3) is 0 Å². The Kier molecular flexibility index (Phi) is 4.47. The van der Waals surface area contributed by atoms with Crippen LogP contribution in [-0.2, 0) is 17.6 Å². The van der Waals surface area contributed by atoms with Crippen molar-refractivity contribution in [1.82, 2.24) is 5.16 Å². The zero-order chi connectivity index (χ0) is 16.4. The van der Waals surface area contributed by atoms with Gasteiger partial charge in [0.05, 0.1) is 18.4 Å². The summed E-state index contributed by atoms with van der Waals surface area (Å²) in [5.41, 5.74) is 1.51. The van der Waals surface area contributed by atoms with Gasteiger partial charge in [0.15, 0.2) is 0 Å². The van der Waals surface area contributed by atoms with Crippen molar-refractivity contribution in [1.29, 1.82) is 0 Å². The first kappa shape index (κ1) is 15.7. The van der Waals surface area contributed by atoms with Crippen molar-refractivity contribution < 1.29 is 18.8 Å². The van der Waals surface area contributed by atoms with Crippen molar-refractivity contribution in [2.45, 2.75) is 33.1 Å². The fourth-order valence-electron chi connectivity index (χ4n) is 2.76. The van der Waals surface area contributed by atoms with E-state index in [-0.39, 0.29) is 11.7 Å². The summed E-state index contributed by atoms with van der Waals surface area (Å²) in [4.78, 5) is 25.7. The van der Waals surface area contributed by atoms with Gasteiger partial charge in [0.2, 0.25) is 5.76 Å². The number of nitrogens with one attached hydrogen (secondary N) is 1. The van der Waals surface area contributed by atoms with Gasteiger partial charge in [-0.25, -0.2) is 4.79 Å². The predicted octanol–water partition coefficient (Wildman–Crippen LogP) is 3.29. The van der Waals surface area contributed by atoms with Gasteiger partial charge < -0.3 is 14.6 Å². The van der Waals surface area contributed by atoms with E-state index in [2.05, 4.69) is 17.4 Å². The summed E-state index contributed by atoms with van der Waals surface area (Å²) >= 11 is 1.45. The van der Waals surface area contributed by atoms with Gasteiger partial charge in [-0.15, -0.1) is 11.3 Å². The Bertz CT molecular complexity index is 721. The van der Waals surface area contributed by atoms with E-state index in [0.29, 0.717) is 23.1 Å². The third kappa shape index (κ3) is 3.14. The maximum absolute atomic E-state index is 12.3. The number of ether oxygens (including phenoxy) is 1. The molecule has 0 spiro atoms. The molecule has 2 aromatic heterocycles. The van der Waals surface area contributed by atoms with E-state index in [0.717, 1.165) is 29.7 Å². The molecule has 0 bridgehead atoms. The smallest absolute Gasteiger partial charge is 0.341 e. The summed E-state index contributed by atoms with van der Waals surface area (Å²) in [7, 11) is 0. The molecule has 122 valence electrons. The minimum Gasteiger partial charge on any atom is -0.462 e. The number of carbonyl (C=O) groups is 2. The number of rotatable bonds is 4. The number of nitrogens with zero attached hydrogens (tertiary/aromatic N) is 1. The average molecular weight is 334 g/mol. The molecule has 0 radical (unpaired) electrons. The van der Waals surface area contributed by atoms with Crippen molar-refractivity contribution >= 4 is 28.2 Å². The zero-order valence-corrected chi connectivity index (χ0v) is 13.9. The molecule has 6 nitrogen and oxygen atoms in total. The molecule has 2 aromatic rings. The van der Waals surface area contributed by atoms with Gasteiger partial charge in [-0.2, -0.15) is 0 Å². The summed E-state index contributed by atoms with van der Waals surface area (Å²) in [6, 6.07) is 1.48. The molecule has 1 unspecified atom stereocenters. The van der Waals surface area contributed by atoms with Crippen LogP contribution < -0.4 is 5.32 Å². The number of anilines is 1. The van der Waals surface area contributed by atoms with Crippen LogP contribution in [0.15, 0.2) is 16.8 Å². The zero-order valence-electron chi connectivity index (χ0n) is 13.0. The monoisotopic (exact) mass is 334 g/mol. The SMILES string of the molecule is CCOC(=O)c1c(NC(=O)c2ccno2)sc2c1CCC(C)C2. The standard InChI is InChI=1S/C16H18N2O4S/c1-3-21-16(20)13-10-5-4-9(2)8-12(10)23-15(13)18-14(19)11-6-7-17-22-11/h6-7,9H,3-5,8H2,1-2H3,(H,18,19). The van der Waals surface area contributed by atoms with Crippen molar-refractivity contribution in [3.63, 3.8) is 0 Å². The lowest BCUT2D eigenvalue weighted by Gasteiger charge is -2.18. The molecule has 1 amide bonds. The van der Waals surface area contributed by atoms with Gasteiger partial charge >= 0.3 is 5.97 Å². The number of thiophene rings is 1. The van der Waals surface area contributed by atoms with Crippen LogP contribution in [-0.4, -0.2) is 23.6 Å². The maximum Gasteiger partial charge on any atom is 0.341 e. The first-order valence-corrected chi connectivity index (χ1v) is 8.45. The molecule has 23 heavy (non-hydrogen) atoms. The maximum atomic E-state index is 12.3. The normalized spacial score (nSPS) is 16.7. The fourth-order valence-corrected chi connectivity index (χ4v) is 4.15. The third-order valence-electron chi connectivity index (χ3n) is 3.88. The fraction of sp³-hybridized carbons (Fsp3) is 0.438. The lowest BCUT2D eigenvalue weighted by Crippen LogP contribution is -2.16. The molecule has 1 N–H and O–H groups in total. The van der Waals surface area contributed by atoms with Crippen molar-refractivity contribution in [3.8, 4) is 0 Å². The summed E-state index contributed by atoms with van der Waals surface area (Å²) in [6.45, 7) is 4.26. The van der Waals surface area contributed by atoms with Crippen LogP contribution in [0.2, 0.25) is 0 Å². The van der Waals surface area contributed by atoms with E-state index in [9.17, 15) is 9.59 Å². The Morgan fingerprint density at radius 1 is 1.52 bits per heavy atom. The van der Waals surface area contributed by atoms with Crippen LogP contribution >= 0.6 is 11.3 Å². The topological polar surface area (TPSA) is 81.4 Å². The number of carbonyl (C=O) groups excluding carboxylic acids is 2. The highest BCUT2D eigenvalue weighted by Gasteiger charge is 2.29. The number of amides is 1. The highest BCUT2D eigenvalue weighted by molar-refractivity contribution is 7.17. The van der Waals surface area contributed by atoms with Crippen molar-refractivity contribution in [3.05, 3.63) is 34.0 Å². The van der Waals surface area contributed by atoms with Gasteiger partial charge in [-0.05, 0) is 37.7 Å². The molecular weight excluding hydrogens is 316 g/mol. The number of esters is 1. The Hall–Kier alpha value is -2.15. The number of aromatic nitrogens is 1. The Balaban J connectivity index is 1.95. The lowest BCUT2D eigenvalue weighted by atomic mass is 9.88. The first-order valence-electron chi connectivity index (χ1n) is 7.63. The molecular formula is C16H18N2O4S. The second-order valence-electron chi connectivity index (χ2n) is 5.61. The second kappa shape index (κ2) is 6.54. The van der Waals surface area contributed by atoms with Crippen molar-refractivity contribution in [2.24, 2.45) is 5.92 Å². The van der Waals surface area contributed by atoms with Crippen LogP contribution in [0.5, 0.6) is 0 Å². The van der Waals surface area contributed by atoms with Gasteiger partial charge in [0.25, 0.3) is 5.91 Å². The molecule has 1 atom stereocenters. The van der Waals surface area contributed by atoms with Gasteiger partial charge in [0, 0.05) is 10.9 Å². The van der Waals surface area contributed by atoms with E-state index in [4.69, 9.17) is 9.26 Å². The average Bonchev–Trinajstić information content (AvgIpc) is 3.14. The third-order valence-corrected chi connectivity index (χ3v) is 5.05. The molecule has 1 aliphatic carbocycles. The highest BCUT2D eigenvalue weighted by Crippen LogP contribution is 2.40. The highest BCUT2D eigenvalue weighted by atomic mass is 32.1. The molecule has 2 heterocycles. The van der Waals surface area contributed by atoms with Crippen LogP contribution in [0.3, 0.4) is 0 Å². The summed E-state index contributed by atoms with van der Waals surface area (Å²) in [6.07, 6.45) is 4.19. The molecule has 0 aromatic carbocycles. The molecule has 0 saturated heterocycles. The molecule has 1 aliphatic rings. The van der Waals surface area contributed by atoms with Crippen LogP contribution in [0.1, 0.15) is 51.6 Å². The predicted molar refractivity (Wildman–Crippen MR) is 85.9 cm³/mol. The van der Waals surface area contributed by atoms with E-state index in [1.807, 2.05) is 0 Å². The Morgan fingerprint density at radius 2 is 2.35 bits per heavy atom. The second-order valence-corrected chi connectivity index (χ2v) is 6.71. The van der Waals surface area contributed by atoms with Crippen LogP contribution in [0.4, 0.5) is 5.00 Å². The molecule has 0 fully saturated rings.